The molecule has 4 bridgehead atoms. The number of nitrogens with zero attached hydrogens (tertiary/aromatic N) is 2. The molecular formula is C42H45FN2O4. The van der Waals surface area contributed by atoms with E-state index in [1.807, 2.05) is 59.5 Å². The van der Waals surface area contributed by atoms with Crippen LogP contribution in [0.1, 0.15) is 93.1 Å². The summed E-state index contributed by atoms with van der Waals surface area (Å²) in [7, 11) is 0. The number of carbonyl (C=O) groups excluding carboxylic acids is 3. The zero-order valence-electron chi connectivity index (χ0n) is 28.3. The van der Waals surface area contributed by atoms with Crippen LogP contribution < -0.4 is 0 Å². The van der Waals surface area contributed by atoms with Crippen molar-refractivity contribution in [2.24, 2.45) is 23.2 Å². The van der Waals surface area contributed by atoms with E-state index in [1.165, 1.54) is 44.6 Å². The van der Waals surface area contributed by atoms with E-state index in [9.17, 15) is 14.4 Å². The lowest BCUT2D eigenvalue weighted by Crippen LogP contribution is -2.54. The van der Waals surface area contributed by atoms with Crippen LogP contribution in [0.3, 0.4) is 0 Å². The molecule has 6 nitrogen and oxygen atoms in total. The van der Waals surface area contributed by atoms with Gasteiger partial charge in [-0.15, -0.1) is 0 Å². The normalized spacial score (nSPS) is 26.9. The minimum Gasteiger partial charge on any atom is -0.461 e. The van der Waals surface area contributed by atoms with Crippen molar-refractivity contribution in [3.05, 3.63) is 107 Å². The van der Waals surface area contributed by atoms with Crippen molar-refractivity contribution in [2.75, 3.05) is 0 Å². The molecule has 2 heterocycles. The second kappa shape index (κ2) is 12.9. The highest BCUT2D eigenvalue weighted by atomic mass is 19.1. The number of benzene rings is 3. The second-order valence-corrected chi connectivity index (χ2v) is 15.5. The topological polar surface area (TPSA) is 68.6 Å². The second-order valence-electron chi connectivity index (χ2n) is 15.5. The van der Waals surface area contributed by atoms with Gasteiger partial charge in [0.05, 0.1) is 25.0 Å². The molecule has 4 aromatic rings. The number of carbonyl (C=O) groups is 3. The fourth-order valence-corrected chi connectivity index (χ4v) is 10.7. The Kier molecular flexibility index (Phi) is 8.41. The van der Waals surface area contributed by atoms with Crippen molar-refractivity contribution in [1.82, 2.24) is 9.47 Å². The summed E-state index contributed by atoms with van der Waals surface area (Å²) < 4.78 is 22.9. The first kappa shape index (κ1) is 32.0. The number of aromatic nitrogens is 1. The van der Waals surface area contributed by atoms with Gasteiger partial charge in [0.15, 0.2) is 5.78 Å². The van der Waals surface area contributed by atoms with Crippen molar-refractivity contribution >= 4 is 28.6 Å². The predicted octanol–water partition coefficient (Wildman–Crippen LogP) is 8.34. The third-order valence-corrected chi connectivity index (χ3v) is 12.1. The first-order valence-electron chi connectivity index (χ1n) is 18.1. The summed E-state index contributed by atoms with van der Waals surface area (Å²) in [6, 6.07) is 23.6. The Bertz CT molecular complexity index is 1860. The molecule has 0 radical (unpaired) electrons. The van der Waals surface area contributed by atoms with Crippen LogP contribution in [0.5, 0.6) is 0 Å². The monoisotopic (exact) mass is 660 g/mol. The highest BCUT2D eigenvalue weighted by Gasteiger charge is 2.54. The zero-order valence-corrected chi connectivity index (χ0v) is 28.3. The van der Waals surface area contributed by atoms with Gasteiger partial charge in [0, 0.05) is 41.9 Å². The standard InChI is InChI=1S/C42H45FN2O4/c1-27(46)45-37(39(47)15-16-40(48)49-26-28-9-3-2-4-10-28)20-34-33-12-6-8-14-36(33)44(25-32-11-5-7-13-35(32)43)41(34)38(45)24-42-21-29-17-30(22-42)19-31(18-29)23-42/h2-14,29-31,37-38H,15-26H2,1H3/t29?,30?,31?,37-,38+,42?/m0/s1. The molecule has 4 aliphatic carbocycles. The number of hydrogen-bond acceptors (Lipinski definition) is 4. The summed E-state index contributed by atoms with van der Waals surface area (Å²) >= 11 is 0. The Labute approximate surface area is 287 Å². The predicted molar refractivity (Wildman–Crippen MR) is 186 cm³/mol. The molecule has 4 saturated carbocycles. The quantitative estimate of drug-likeness (QED) is 0.160. The number of ketones is 1. The van der Waals surface area contributed by atoms with Crippen molar-refractivity contribution in [3.63, 3.8) is 0 Å². The molecule has 9 rings (SSSR count). The summed E-state index contributed by atoms with van der Waals surface area (Å²) in [5.41, 5.74) is 4.72. The number of rotatable bonds is 10. The van der Waals surface area contributed by atoms with Crippen LogP contribution in [0.25, 0.3) is 10.9 Å². The maximum atomic E-state index is 15.2. The Balaban J connectivity index is 1.16. The van der Waals surface area contributed by atoms with Gasteiger partial charge in [-0.2, -0.15) is 0 Å². The van der Waals surface area contributed by atoms with Gasteiger partial charge < -0.3 is 14.2 Å². The Morgan fingerprint density at radius 2 is 1.49 bits per heavy atom. The number of ether oxygens (including phenoxy) is 1. The van der Waals surface area contributed by atoms with E-state index in [0.717, 1.165) is 51.9 Å². The van der Waals surface area contributed by atoms with Crippen LogP contribution in [-0.4, -0.2) is 33.2 Å². The first-order valence-corrected chi connectivity index (χ1v) is 18.1. The number of amides is 1. The van der Waals surface area contributed by atoms with Crippen LogP contribution in [-0.2, 0) is 38.7 Å². The molecule has 254 valence electrons. The first-order chi connectivity index (χ1) is 23.8. The number of fused-ring (bicyclic) bond motifs is 3. The maximum absolute atomic E-state index is 15.2. The number of esters is 1. The van der Waals surface area contributed by atoms with Gasteiger partial charge in [-0.25, -0.2) is 4.39 Å². The number of hydrogen-bond donors (Lipinski definition) is 0. The molecule has 2 atom stereocenters. The molecule has 5 aliphatic rings. The smallest absolute Gasteiger partial charge is 0.306 e. The van der Waals surface area contributed by atoms with Crippen LogP contribution >= 0.6 is 0 Å². The van der Waals surface area contributed by atoms with Gasteiger partial charge in [-0.1, -0.05) is 66.7 Å². The molecule has 0 spiro atoms. The molecule has 4 fully saturated rings. The highest BCUT2D eigenvalue weighted by Crippen LogP contribution is 2.63. The van der Waals surface area contributed by atoms with Gasteiger partial charge in [0.1, 0.15) is 12.4 Å². The largest absolute Gasteiger partial charge is 0.461 e. The molecule has 7 heteroatoms. The average molecular weight is 661 g/mol. The van der Waals surface area contributed by atoms with Gasteiger partial charge in [0.2, 0.25) is 5.91 Å². The van der Waals surface area contributed by atoms with E-state index in [0.29, 0.717) is 18.5 Å². The van der Waals surface area contributed by atoms with Crippen LogP contribution in [0, 0.1) is 29.0 Å². The summed E-state index contributed by atoms with van der Waals surface area (Å²) in [5.74, 6) is 1.30. The highest BCUT2D eigenvalue weighted by molar-refractivity contribution is 5.94. The van der Waals surface area contributed by atoms with E-state index in [1.54, 1.807) is 13.0 Å². The van der Waals surface area contributed by atoms with E-state index in [4.69, 9.17) is 4.74 Å². The molecule has 0 saturated heterocycles. The molecule has 49 heavy (non-hydrogen) atoms. The van der Waals surface area contributed by atoms with Gasteiger partial charge in [0.25, 0.3) is 0 Å². The van der Waals surface area contributed by atoms with Gasteiger partial charge >= 0.3 is 5.97 Å². The number of para-hydroxylation sites is 1. The molecule has 3 aromatic carbocycles. The molecule has 0 unspecified atom stereocenters. The zero-order chi connectivity index (χ0) is 33.7. The fourth-order valence-electron chi connectivity index (χ4n) is 10.7. The molecule has 1 amide bonds. The average Bonchev–Trinajstić information content (AvgIpc) is 3.40. The lowest BCUT2D eigenvalue weighted by Gasteiger charge is -2.58. The molecule has 1 aromatic heterocycles. The van der Waals surface area contributed by atoms with E-state index in [-0.39, 0.29) is 48.4 Å². The van der Waals surface area contributed by atoms with Gasteiger partial charge in [-0.05, 0) is 91.4 Å². The molecular weight excluding hydrogens is 615 g/mol. The fraction of sp³-hybridized carbons (Fsp3) is 0.452. The van der Waals surface area contributed by atoms with E-state index < -0.39 is 12.0 Å². The third kappa shape index (κ3) is 6.10. The van der Waals surface area contributed by atoms with Gasteiger partial charge in [-0.3, -0.25) is 14.4 Å². The van der Waals surface area contributed by atoms with Crippen molar-refractivity contribution in [2.45, 2.75) is 96.4 Å². The lowest BCUT2D eigenvalue weighted by atomic mass is 9.48. The maximum Gasteiger partial charge on any atom is 0.306 e. The van der Waals surface area contributed by atoms with Crippen molar-refractivity contribution < 1.29 is 23.5 Å². The summed E-state index contributed by atoms with van der Waals surface area (Å²) in [6.45, 7) is 2.09. The third-order valence-electron chi connectivity index (χ3n) is 12.1. The lowest BCUT2D eigenvalue weighted by molar-refractivity contribution is -0.148. The van der Waals surface area contributed by atoms with Crippen LogP contribution in [0.15, 0.2) is 78.9 Å². The van der Waals surface area contributed by atoms with Crippen LogP contribution in [0.2, 0.25) is 0 Å². The number of Topliss-reactive ketones (excluding diaryl/α,β-unsaturated/α-hetero) is 1. The molecule has 0 N–H and O–H groups in total. The summed E-state index contributed by atoms with van der Waals surface area (Å²) in [5, 5.41) is 1.05. The van der Waals surface area contributed by atoms with Crippen LogP contribution in [0.4, 0.5) is 4.39 Å². The Morgan fingerprint density at radius 1 is 0.837 bits per heavy atom. The van der Waals surface area contributed by atoms with Crippen molar-refractivity contribution in [3.8, 4) is 0 Å². The van der Waals surface area contributed by atoms with Crippen molar-refractivity contribution in [1.29, 1.82) is 0 Å². The van der Waals surface area contributed by atoms with E-state index >= 15 is 4.39 Å². The molecule has 1 aliphatic heterocycles. The minimum absolute atomic E-state index is 0.00928. The number of halogens is 1. The summed E-state index contributed by atoms with van der Waals surface area (Å²) in [4.78, 5) is 42.7. The summed E-state index contributed by atoms with van der Waals surface area (Å²) in [6.07, 6.45) is 8.64. The van der Waals surface area contributed by atoms with E-state index in [2.05, 4.69) is 16.7 Å². The SMILES string of the molecule is CC(=O)N1[C@H](CC23CC4CC(CC(C4)C2)C3)c2c(c3ccccc3n2Cc2ccccc2F)C[C@H]1C(=O)CCC(=O)OCc1ccccc1. The Hall–Kier alpha value is -4.26. The minimum atomic E-state index is -0.682. The Morgan fingerprint density at radius 3 is 2.18 bits per heavy atom.